The number of carbonyl (C=O) groups is 3. The second kappa shape index (κ2) is 8.96. The lowest BCUT2D eigenvalue weighted by Gasteiger charge is -2.20. The molecule has 8 heteroatoms. The summed E-state index contributed by atoms with van der Waals surface area (Å²) in [5.74, 6) is -1.43. The van der Waals surface area contributed by atoms with E-state index < -0.39 is 23.9 Å². The Morgan fingerprint density at radius 3 is 2.59 bits per heavy atom. The maximum absolute atomic E-state index is 12.5. The highest BCUT2D eigenvalue weighted by atomic mass is 35.5. The summed E-state index contributed by atoms with van der Waals surface area (Å²) in [6.07, 6.45) is -1.02. The molecule has 0 spiro atoms. The topological polar surface area (TPSA) is 84.9 Å². The molecular weight excluding hydrogens is 396 g/mol. The number of halogens is 1. The van der Waals surface area contributed by atoms with Gasteiger partial charge >= 0.3 is 5.97 Å². The fraction of sp³-hybridized carbons (Fsp3) is 0.286. The molecule has 2 atom stereocenters. The van der Waals surface area contributed by atoms with Gasteiger partial charge in [-0.25, -0.2) is 0 Å². The van der Waals surface area contributed by atoms with Crippen molar-refractivity contribution in [2.24, 2.45) is 5.92 Å². The Morgan fingerprint density at radius 2 is 1.86 bits per heavy atom. The minimum Gasteiger partial charge on any atom is -0.495 e. The summed E-state index contributed by atoms with van der Waals surface area (Å²) in [5, 5.41) is 3.01. The predicted octanol–water partition coefficient (Wildman–Crippen LogP) is 3.27. The molecule has 0 radical (unpaired) electrons. The number of nitrogens with one attached hydrogen (secondary N) is 1. The average Bonchev–Trinajstić information content (AvgIpc) is 3.11. The number of esters is 1. The van der Waals surface area contributed by atoms with Crippen molar-refractivity contribution in [2.75, 3.05) is 23.9 Å². The molecule has 1 heterocycles. The molecular formula is C21H21ClN2O5. The van der Waals surface area contributed by atoms with Gasteiger partial charge in [0, 0.05) is 13.0 Å². The second-order valence-corrected chi connectivity index (χ2v) is 7.03. The third-order valence-corrected chi connectivity index (χ3v) is 4.96. The quantitative estimate of drug-likeness (QED) is 0.730. The second-order valence-electron chi connectivity index (χ2n) is 6.63. The summed E-state index contributed by atoms with van der Waals surface area (Å²) in [6.45, 7) is 1.63. The van der Waals surface area contributed by atoms with Gasteiger partial charge in [0.15, 0.2) is 6.10 Å². The maximum Gasteiger partial charge on any atom is 0.312 e. The van der Waals surface area contributed by atoms with Gasteiger partial charge in [0.25, 0.3) is 5.91 Å². The standard InChI is InChI=1S/C21H21ClN2O5/c1-13(20(26)23-16-8-4-3-7-15(16)22)29-21(27)14-11-19(25)24(12-14)17-9-5-6-10-18(17)28-2/h3-10,13-14H,11-12H2,1-2H3,(H,23,26)/t13-,14+/m1/s1. The molecule has 1 fully saturated rings. The Morgan fingerprint density at radius 1 is 1.17 bits per heavy atom. The van der Waals surface area contributed by atoms with E-state index in [2.05, 4.69) is 5.32 Å². The van der Waals surface area contributed by atoms with Crippen LogP contribution in [0.4, 0.5) is 11.4 Å². The van der Waals surface area contributed by atoms with Crippen molar-refractivity contribution in [3.63, 3.8) is 0 Å². The lowest BCUT2D eigenvalue weighted by molar-refractivity contribution is -0.157. The highest BCUT2D eigenvalue weighted by molar-refractivity contribution is 6.33. The van der Waals surface area contributed by atoms with E-state index >= 15 is 0 Å². The number of rotatable bonds is 6. The monoisotopic (exact) mass is 416 g/mol. The van der Waals surface area contributed by atoms with E-state index in [-0.39, 0.29) is 18.9 Å². The molecule has 152 valence electrons. The first-order valence-electron chi connectivity index (χ1n) is 9.10. The third kappa shape index (κ3) is 4.68. The molecule has 0 bridgehead atoms. The fourth-order valence-electron chi connectivity index (χ4n) is 3.07. The first kappa shape index (κ1) is 20.7. The molecule has 0 saturated carbocycles. The summed E-state index contributed by atoms with van der Waals surface area (Å²) >= 11 is 6.02. The maximum atomic E-state index is 12.5. The van der Waals surface area contributed by atoms with Gasteiger partial charge in [-0.05, 0) is 31.2 Å². The number of para-hydroxylation sites is 3. The molecule has 1 N–H and O–H groups in total. The zero-order chi connectivity index (χ0) is 21.0. The van der Waals surface area contributed by atoms with Crippen molar-refractivity contribution in [3.8, 4) is 5.75 Å². The highest BCUT2D eigenvalue weighted by Gasteiger charge is 2.38. The van der Waals surface area contributed by atoms with Crippen LogP contribution >= 0.6 is 11.6 Å². The lowest BCUT2D eigenvalue weighted by Crippen LogP contribution is -2.33. The van der Waals surface area contributed by atoms with Crippen molar-refractivity contribution in [3.05, 3.63) is 53.6 Å². The van der Waals surface area contributed by atoms with Crippen molar-refractivity contribution < 1.29 is 23.9 Å². The molecule has 3 rings (SSSR count). The molecule has 29 heavy (non-hydrogen) atoms. The van der Waals surface area contributed by atoms with Crippen LogP contribution in [-0.2, 0) is 19.1 Å². The van der Waals surface area contributed by atoms with Crippen LogP contribution in [0.5, 0.6) is 5.75 Å². The summed E-state index contributed by atoms with van der Waals surface area (Å²) in [5.41, 5.74) is 1.03. The molecule has 2 aromatic carbocycles. The van der Waals surface area contributed by atoms with Gasteiger partial charge in [0.05, 0.1) is 29.4 Å². The van der Waals surface area contributed by atoms with E-state index in [1.54, 1.807) is 48.5 Å². The van der Waals surface area contributed by atoms with Crippen molar-refractivity contribution in [1.82, 2.24) is 0 Å². The van der Waals surface area contributed by atoms with Crippen LogP contribution in [-0.4, -0.2) is 37.5 Å². The summed E-state index contributed by atoms with van der Waals surface area (Å²) in [6, 6.07) is 13.9. The van der Waals surface area contributed by atoms with Crippen LogP contribution in [0.25, 0.3) is 0 Å². The van der Waals surface area contributed by atoms with Gasteiger partial charge in [-0.15, -0.1) is 0 Å². The number of hydrogen-bond donors (Lipinski definition) is 1. The Hall–Kier alpha value is -3.06. The molecule has 0 aliphatic carbocycles. The number of ether oxygens (including phenoxy) is 2. The van der Waals surface area contributed by atoms with E-state index in [0.29, 0.717) is 22.1 Å². The van der Waals surface area contributed by atoms with Gasteiger partial charge < -0.3 is 19.7 Å². The average molecular weight is 417 g/mol. The molecule has 7 nitrogen and oxygen atoms in total. The Labute approximate surface area is 173 Å². The number of amides is 2. The minimum absolute atomic E-state index is 0.00966. The Kier molecular flexibility index (Phi) is 6.39. The normalized spacial score (nSPS) is 17.0. The van der Waals surface area contributed by atoms with Crippen LogP contribution in [0.3, 0.4) is 0 Å². The largest absolute Gasteiger partial charge is 0.495 e. The molecule has 2 amide bonds. The number of methoxy groups -OCH3 is 1. The number of hydrogen-bond acceptors (Lipinski definition) is 5. The van der Waals surface area contributed by atoms with E-state index in [1.165, 1.54) is 18.9 Å². The number of anilines is 2. The third-order valence-electron chi connectivity index (χ3n) is 4.63. The Bertz CT molecular complexity index is 933. The van der Waals surface area contributed by atoms with Gasteiger partial charge in [-0.1, -0.05) is 35.9 Å². The van der Waals surface area contributed by atoms with E-state index in [9.17, 15) is 14.4 Å². The SMILES string of the molecule is COc1ccccc1N1C[C@@H](C(=O)O[C@H](C)C(=O)Nc2ccccc2Cl)CC1=O. The van der Waals surface area contributed by atoms with Crippen LogP contribution in [0.2, 0.25) is 5.02 Å². The number of benzene rings is 2. The fourth-order valence-corrected chi connectivity index (χ4v) is 3.25. The summed E-state index contributed by atoms with van der Waals surface area (Å²) < 4.78 is 10.6. The van der Waals surface area contributed by atoms with Gasteiger partial charge in [-0.3, -0.25) is 14.4 Å². The smallest absolute Gasteiger partial charge is 0.312 e. The molecule has 1 aliphatic heterocycles. The highest BCUT2D eigenvalue weighted by Crippen LogP contribution is 2.33. The molecule has 2 aromatic rings. The first-order chi connectivity index (χ1) is 13.9. The molecule has 1 aliphatic rings. The zero-order valence-corrected chi connectivity index (χ0v) is 16.8. The number of carbonyl (C=O) groups excluding carboxylic acids is 3. The van der Waals surface area contributed by atoms with Crippen LogP contribution in [0, 0.1) is 5.92 Å². The zero-order valence-electron chi connectivity index (χ0n) is 16.1. The number of nitrogens with zero attached hydrogens (tertiary/aromatic N) is 1. The minimum atomic E-state index is -1.03. The van der Waals surface area contributed by atoms with E-state index in [4.69, 9.17) is 21.1 Å². The Balaban J connectivity index is 1.61. The molecule has 0 unspecified atom stereocenters. The van der Waals surface area contributed by atoms with Crippen molar-refractivity contribution >= 4 is 40.8 Å². The van der Waals surface area contributed by atoms with Gasteiger partial charge in [-0.2, -0.15) is 0 Å². The first-order valence-corrected chi connectivity index (χ1v) is 9.47. The molecule has 1 saturated heterocycles. The lowest BCUT2D eigenvalue weighted by atomic mass is 10.1. The van der Waals surface area contributed by atoms with Crippen LogP contribution in [0.15, 0.2) is 48.5 Å². The van der Waals surface area contributed by atoms with Gasteiger partial charge in [0.1, 0.15) is 5.75 Å². The van der Waals surface area contributed by atoms with E-state index in [0.717, 1.165) is 0 Å². The van der Waals surface area contributed by atoms with Crippen molar-refractivity contribution in [1.29, 1.82) is 0 Å². The summed E-state index contributed by atoms with van der Waals surface area (Å²) in [7, 11) is 1.52. The van der Waals surface area contributed by atoms with Gasteiger partial charge in [0.2, 0.25) is 5.91 Å². The van der Waals surface area contributed by atoms with Crippen LogP contribution < -0.4 is 15.0 Å². The summed E-state index contributed by atoms with van der Waals surface area (Å²) in [4.78, 5) is 38.7. The van der Waals surface area contributed by atoms with Crippen LogP contribution in [0.1, 0.15) is 13.3 Å². The van der Waals surface area contributed by atoms with Crippen molar-refractivity contribution in [2.45, 2.75) is 19.4 Å². The predicted molar refractivity (Wildman–Crippen MR) is 109 cm³/mol. The molecule has 0 aromatic heterocycles. The van der Waals surface area contributed by atoms with E-state index in [1.807, 2.05) is 0 Å².